The zero-order valence-corrected chi connectivity index (χ0v) is 10.6. The van der Waals surface area contributed by atoms with Gasteiger partial charge in [-0.2, -0.15) is 13.2 Å². The third-order valence-corrected chi connectivity index (χ3v) is 3.00. The van der Waals surface area contributed by atoms with E-state index in [1.54, 1.807) is 0 Å². The SMILES string of the molecule is CN1OCCN(c2ccc(Cl)c(C(F)(F)F)c2)C1=O. The number of benzene rings is 1. The topological polar surface area (TPSA) is 32.8 Å². The Morgan fingerprint density at radius 3 is 2.68 bits per heavy atom. The zero-order valence-electron chi connectivity index (χ0n) is 9.87. The van der Waals surface area contributed by atoms with Crippen LogP contribution < -0.4 is 4.90 Å². The first kappa shape index (κ1) is 14.0. The fourth-order valence-corrected chi connectivity index (χ4v) is 1.95. The molecule has 0 aliphatic carbocycles. The summed E-state index contributed by atoms with van der Waals surface area (Å²) in [5, 5.41) is 0.580. The van der Waals surface area contributed by atoms with Crippen molar-refractivity contribution in [2.75, 3.05) is 25.1 Å². The van der Waals surface area contributed by atoms with Crippen LogP contribution in [0.4, 0.5) is 23.7 Å². The van der Waals surface area contributed by atoms with E-state index in [1.165, 1.54) is 18.0 Å². The molecular weight excluding hydrogens is 285 g/mol. The molecule has 1 aliphatic rings. The predicted molar refractivity (Wildman–Crippen MR) is 62.9 cm³/mol. The Hall–Kier alpha value is -1.47. The van der Waals surface area contributed by atoms with Gasteiger partial charge in [0.05, 0.1) is 23.7 Å². The second kappa shape index (κ2) is 4.90. The molecule has 19 heavy (non-hydrogen) atoms. The van der Waals surface area contributed by atoms with E-state index in [2.05, 4.69) is 0 Å². The molecule has 2 amide bonds. The second-order valence-corrected chi connectivity index (χ2v) is 4.33. The number of urea groups is 1. The van der Waals surface area contributed by atoms with Crippen molar-refractivity contribution in [3.05, 3.63) is 28.8 Å². The number of hydrogen-bond acceptors (Lipinski definition) is 2. The minimum atomic E-state index is -4.56. The molecule has 1 aliphatic heterocycles. The van der Waals surface area contributed by atoms with Gasteiger partial charge >= 0.3 is 12.2 Å². The normalized spacial score (nSPS) is 17.0. The molecule has 0 N–H and O–H groups in total. The first-order valence-electron chi connectivity index (χ1n) is 5.35. The zero-order chi connectivity index (χ0) is 14.2. The molecule has 0 saturated carbocycles. The maximum absolute atomic E-state index is 12.7. The van der Waals surface area contributed by atoms with Crippen LogP contribution in [0.25, 0.3) is 0 Å². The minimum absolute atomic E-state index is 0.136. The molecule has 1 aromatic carbocycles. The number of alkyl halides is 3. The highest BCUT2D eigenvalue weighted by Gasteiger charge is 2.35. The average molecular weight is 295 g/mol. The maximum atomic E-state index is 12.7. The molecule has 0 bridgehead atoms. The number of hydrogen-bond donors (Lipinski definition) is 0. The van der Waals surface area contributed by atoms with Gasteiger partial charge in [-0.05, 0) is 18.2 Å². The Morgan fingerprint density at radius 2 is 2.05 bits per heavy atom. The van der Waals surface area contributed by atoms with E-state index in [4.69, 9.17) is 16.4 Å². The van der Waals surface area contributed by atoms with Crippen LogP contribution in [0.15, 0.2) is 18.2 Å². The van der Waals surface area contributed by atoms with Gasteiger partial charge in [-0.1, -0.05) is 11.6 Å². The van der Waals surface area contributed by atoms with Crippen molar-refractivity contribution >= 4 is 23.3 Å². The molecule has 2 rings (SSSR count). The van der Waals surface area contributed by atoms with Crippen LogP contribution in [0.5, 0.6) is 0 Å². The Bertz CT molecular complexity index is 507. The van der Waals surface area contributed by atoms with Crippen LogP contribution in [-0.2, 0) is 11.0 Å². The summed E-state index contributed by atoms with van der Waals surface area (Å²) in [5.41, 5.74) is -0.828. The molecular formula is C11H10ClF3N2O2. The monoisotopic (exact) mass is 294 g/mol. The lowest BCUT2D eigenvalue weighted by Crippen LogP contribution is -2.48. The molecule has 0 radical (unpaired) electrons. The first-order chi connectivity index (χ1) is 8.80. The van der Waals surface area contributed by atoms with Gasteiger partial charge in [-0.25, -0.2) is 9.86 Å². The Morgan fingerprint density at radius 1 is 1.37 bits per heavy atom. The Labute approximate surface area is 112 Å². The molecule has 1 heterocycles. The number of hydroxylamine groups is 2. The summed E-state index contributed by atoms with van der Waals surface area (Å²) in [6.07, 6.45) is -4.56. The van der Waals surface area contributed by atoms with Crippen LogP contribution >= 0.6 is 11.6 Å². The number of anilines is 1. The molecule has 8 heteroatoms. The first-order valence-corrected chi connectivity index (χ1v) is 5.73. The summed E-state index contributed by atoms with van der Waals surface area (Å²) in [5.74, 6) is 0. The van der Waals surface area contributed by atoms with Crippen molar-refractivity contribution in [1.29, 1.82) is 0 Å². The fraction of sp³-hybridized carbons (Fsp3) is 0.364. The van der Waals surface area contributed by atoms with Crippen molar-refractivity contribution < 1.29 is 22.8 Å². The summed E-state index contributed by atoms with van der Waals surface area (Å²) in [4.78, 5) is 17.9. The van der Waals surface area contributed by atoms with Crippen molar-refractivity contribution in [1.82, 2.24) is 5.06 Å². The van der Waals surface area contributed by atoms with Gasteiger partial charge in [0.25, 0.3) is 0 Å². The van der Waals surface area contributed by atoms with Gasteiger partial charge < -0.3 is 0 Å². The van der Waals surface area contributed by atoms with E-state index in [0.29, 0.717) is 0 Å². The Kier molecular flexibility index (Phi) is 3.60. The van der Waals surface area contributed by atoms with Crippen LogP contribution in [0, 0.1) is 0 Å². The van der Waals surface area contributed by atoms with Crippen molar-refractivity contribution in [2.45, 2.75) is 6.18 Å². The lowest BCUT2D eigenvalue weighted by atomic mass is 10.1. The lowest BCUT2D eigenvalue weighted by molar-refractivity contribution is -0.137. The third-order valence-electron chi connectivity index (χ3n) is 2.67. The van der Waals surface area contributed by atoms with Gasteiger partial charge in [-0.15, -0.1) is 0 Å². The number of amides is 2. The predicted octanol–water partition coefficient (Wildman–Crippen LogP) is 3.16. The Balaban J connectivity index is 2.38. The van der Waals surface area contributed by atoms with E-state index in [9.17, 15) is 18.0 Å². The van der Waals surface area contributed by atoms with Crippen LogP contribution in [0.1, 0.15) is 5.56 Å². The lowest BCUT2D eigenvalue weighted by Gasteiger charge is -2.32. The number of carbonyl (C=O) groups is 1. The van der Waals surface area contributed by atoms with E-state index >= 15 is 0 Å². The smallest absolute Gasteiger partial charge is 0.290 e. The quantitative estimate of drug-likeness (QED) is 0.797. The summed E-state index contributed by atoms with van der Waals surface area (Å²) >= 11 is 5.53. The number of halogens is 4. The molecule has 0 unspecified atom stereocenters. The summed E-state index contributed by atoms with van der Waals surface area (Å²) in [7, 11) is 1.40. The summed E-state index contributed by atoms with van der Waals surface area (Å²) < 4.78 is 38.2. The van der Waals surface area contributed by atoms with E-state index in [0.717, 1.165) is 17.2 Å². The van der Waals surface area contributed by atoms with Crippen LogP contribution in [-0.4, -0.2) is 31.3 Å². The van der Waals surface area contributed by atoms with Gasteiger partial charge in [-0.3, -0.25) is 9.74 Å². The molecule has 0 aromatic heterocycles. The van der Waals surface area contributed by atoms with Gasteiger partial charge in [0, 0.05) is 12.7 Å². The summed E-state index contributed by atoms with van der Waals surface area (Å²) in [6, 6.07) is 2.83. The standard InChI is InChI=1S/C11H10ClF3N2O2/c1-16-10(18)17(4-5-19-16)7-2-3-9(12)8(6-7)11(13,14)15/h2-3,6H,4-5H2,1H3. The van der Waals surface area contributed by atoms with Crippen molar-refractivity contribution in [3.8, 4) is 0 Å². The molecule has 1 saturated heterocycles. The second-order valence-electron chi connectivity index (χ2n) is 3.93. The highest BCUT2D eigenvalue weighted by molar-refractivity contribution is 6.31. The number of nitrogens with zero attached hydrogens (tertiary/aromatic N) is 2. The molecule has 1 fully saturated rings. The molecule has 4 nitrogen and oxygen atoms in total. The van der Waals surface area contributed by atoms with E-state index in [1.807, 2.05) is 0 Å². The largest absolute Gasteiger partial charge is 0.417 e. The minimum Gasteiger partial charge on any atom is -0.290 e. The third kappa shape index (κ3) is 2.76. The van der Waals surface area contributed by atoms with Crippen LogP contribution in [0.2, 0.25) is 5.02 Å². The summed E-state index contributed by atoms with van der Waals surface area (Å²) in [6.45, 7) is 0.397. The molecule has 104 valence electrons. The maximum Gasteiger partial charge on any atom is 0.417 e. The highest BCUT2D eigenvalue weighted by Crippen LogP contribution is 2.37. The van der Waals surface area contributed by atoms with Gasteiger partial charge in [0.15, 0.2) is 0 Å². The molecule has 1 aromatic rings. The molecule has 0 atom stereocenters. The van der Waals surface area contributed by atoms with Crippen molar-refractivity contribution in [3.63, 3.8) is 0 Å². The number of rotatable bonds is 1. The fourth-order valence-electron chi connectivity index (χ4n) is 1.73. The number of carbonyl (C=O) groups excluding carboxylic acids is 1. The average Bonchev–Trinajstić information content (AvgIpc) is 2.32. The van der Waals surface area contributed by atoms with Crippen LogP contribution in [0.3, 0.4) is 0 Å². The van der Waals surface area contributed by atoms with E-state index in [-0.39, 0.29) is 18.8 Å². The highest BCUT2D eigenvalue weighted by atomic mass is 35.5. The van der Waals surface area contributed by atoms with Gasteiger partial charge in [0.1, 0.15) is 0 Å². The van der Waals surface area contributed by atoms with Gasteiger partial charge in [0.2, 0.25) is 0 Å². The van der Waals surface area contributed by atoms with Crippen molar-refractivity contribution in [2.24, 2.45) is 0 Å². The molecule has 0 spiro atoms. The van der Waals surface area contributed by atoms with E-state index < -0.39 is 22.8 Å².